The molecule has 20 heavy (non-hydrogen) atoms. The lowest BCUT2D eigenvalue weighted by molar-refractivity contribution is -0.160. The minimum absolute atomic E-state index is 0.159. The highest BCUT2D eigenvalue weighted by Crippen LogP contribution is 2.20. The summed E-state index contributed by atoms with van der Waals surface area (Å²) in [5.41, 5.74) is -0.601. The smallest absolute Gasteiger partial charge is 0.316 e. The molecule has 0 aliphatic carbocycles. The predicted molar refractivity (Wildman–Crippen MR) is 77.1 cm³/mol. The minimum atomic E-state index is -0.790. The van der Waals surface area contributed by atoms with Crippen molar-refractivity contribution in [3.05, 3.63) is 30.1 Å². The maximum atomic E-state index is 12.7. The fraction of sp³-hybridized carbons (Fsp3) is 0.467. The van der Waals surface area contributed by atoms with Gasteiger partial charge in [0.2, 0.25) is 0 Å². The van der Waals surface area contributed by atoms with Gasteiger partial charge in [-0.1, -0.05) is 0 Å². The van der Waals surface area contributed by atoms with E-state index in [4.69, 9.17) is 4.74 Å². The van der Waals surface area contributed by atoms with Crippen molar-refractivity contribution in [1.82, 2.24) is 0 Å². The summed E-state index contributed by atoms with van der Waals surface area (Å²) in [6.45, 7) is 6.82. The number of hydrogen-bond donors (Lipinski definition) is 0. The first-order chi connectivity index (χ1) is 9.19. The maximum Gasteiger partial charge on any atom is 0.316 e. The summed E-state index contributed by atoms with van der Waals surface area (Å²) in [4.78, 5) is 24.5. The summed E-state index contributed by atoms with van der Waals surface area (Å²) in [7, 11) is 0. The van der Waals surface area contributed by atoms with Gasteiger partial charge < -0.3 is 4.74 Å². The molecule has 0 amide bonds. The van der Waals surface area contributed by atoms with E-state index in [-0.39, 0.29) is 17.4 Å². The van der Waals surface area contributed by atoms with Crippen molar-refractivity contribution in [2.75, 3.05) is 5.75 Å². The Kier molecular flexibility index (Phi) is 5.74. The highest BCUT2D eigenvalue weighted by atomic mass is 32.2. The monoisotopic (exact) mass is 298 g/mol. The molecule has 110 valence electrons. The zero-order chi connectivity index (χ0) is 15.3. The topological polar surface area (TPSA) is 43.4 Å². The van der Waals surface area contributed by atoms with Gasteiger partial charge in [-0.25, -0.2) is 4.39 Å². The molecule has 0 aromatic heterocycles. The molecule has 0 aliphatic rings. The number of ether oxygens (including phenoxy) is 1. The second kappa shape index (κ2) is 6.88. The number of hydrogen-bond acceptors (Lipinski definition) is 4. The molecule has 1 aromatic rings. The molecule has 0 heterocycles. The summed E-state index contributed by atoms with van der Waals surface area (Å²) in [5.74, 6) is -1.66. The van der Waals surface area contributed by atoms with Gasteiger partial charge in [0.25, 0.3) is 0 Å². The molecule has 0 saturated heterocycles. The molecule has 0 spiro atoms. The van der Waals surface area contributed by atoms with Crippen molar-refractivity contribution >= 4 is 23.5 Å². The molecule has 0 radical (unpaired) electrons. The van der Waals surface area contributed by atoms with Crippen molar-refractivity contribution < 1.29 is 18.7 Å². The number of carbonyl (C=O) groups is 2. The van der Waals surface area contributed by atoms with Gasteiger partial charge in [-0.05, 0) is 52.0 Å². The average Bonchev–Trinajstić information content (AvgIpc) is 2.34. The highest BCUT2D eigenvalue weighted by molar-refractivity contribution is 8.00. The number of benzene rings is 1. The van der Waals surface area contributed by atoms with E-state index in [1.165, 1.54) is 23.9 Å². The molecule has 5 heteroatoms. The molecule has 1 atom stereocenters. The van der Waals surface area contributed by atoms with Gasteiger partial charge in [0.05, 0.1) is 5.75 Å². The molecular weight excluding hydrogens is 279 g/mol. The lowest BCUT2D eigenvalue weighted by Gasteiger charge is -2.21. The first-order valence-corrected chi connectivity index (χ1v) is 7.31. The predicted octanol–water partition coefficient (Wildman–Crippen LogP) is 3.46. The van der Waals surface area contributed by atoms with E-state index < -0.39 is 17.5 Å². The van der Waals surface area contributed by atoms with E-state index in [1.807, 2.05) is 0 Å². The fourth-order valence-electron chi connectivity index (χ4n) is 1.33. The Morgan fingerprint density at radius 2 is 1.80 bits per heavy atom. The first kappa shape index (κ1) is 16.7. The van der Waals surface area contributed by atoms with Crippen LogP contribution >= 0.6 is 11.8 Å². The molecule has 1 aromatic carbocycles. The van der Waals surface area contributed by atoms with Crippen LogP contribution in [0.2, 0.25) is 0 Å². The van der Waals surface area contributed by atoms with Crippen molar-refractivity contribution in [2.45, 2.75) is 38.2 Å². The second-order valence-corrected chi connectivity index (χ2v) is 6.51. The summed E-state index contributed by atoms with van der Waals surface area (Å²) in [6, 6.07) is 5.88. The Balaban J connectivity index is 2.49. The van der Waals surface area contributed by atoms with Crippen molar-refractivity contribution in [2.24, 2.45) is 5.92 Å². The van der Waals surface area contributed by atoms with Crippen LogP contribution in [0.3, 0.4) is 0 Å². The van der Waals surface area contributed by atoms with E-state index in [0.29, 0.717) is 0 Å². The van der Waals surface area contributed by atoms with Crippen LogP contribution in [0, 0.1) is 11.7 Å². The zero-order valence-electron chi connectivity index (χ0n) is 12.1. The Morgan fingerprint density at radius 1 is 1.25 bits per heavy atom. The van der Waals surface area contributed by atoms with Crippen LogP contribution < -0.4 is 0 Å². The summed E-state index contributed by atoms with van der Waals surface area (Å²) in [6.07, 6.45) is 0. The lowest BCUT2D eigenvalue weighted by atomic mass is 10.1. The Hall–Kier alpha value is -1.36. The molecule has 1 unspecified atom stereocenters. The number of halogens is 1. The zero-order valence-corrected chi connectivity index (χ0v) is 12.9. The van der Waals surface area contributed by atoms with E-state index in [9.17, 15) is 14.0 Å². The first-order valence-electron chi connectivity index (χ1n) is 6.33. The van der Waals surface area contributed by atoms with Gasteiger partial charge in [0.15, 0.2) is 5.78 Å². The fourth-order valence-corrected chi connectivity index (χ4v) is 2.22. The largest absolute Gasteiger partial charge is 0.459 e. The Bertz CT molecular complexity index is 477. The quantitative estimate of drug-likeness (QED) is 0.474. The van der Waals surface area contributed by atoms with Gasteiger partial charge >= 0.3 is 5.97 Å². The van der Waals surface area contributed by atoms with Gasteiger partial charge in [0, 0.05) is 4.90 Å². The van der Waals surface area contributed by atoms with Gasteiger partial charge in [-0.3, -0.25) is 9.59 Å². The number of carbonyl (C=O) groups excluding carboxylic acids is 2. The van der Waals surface area contributed by atoms with Crippen LogP contribution in [0.25, 0.3) is 0 Å². The van der Waals surface area contributed by atoms with Gasteiger partial charge in [-0.15, -0.1) is 11.8 Å². The third-order valence-electron chi connectivity index (χ3n) is 2.44. The molecular formula is C15H19FO3S. The summed E-state index contributed by atoms with van der Waals surface area (Å²) >= 11 is 1.28. The average molecular weight is 298 g/mol. The molecule has 3 nitrogen and oxygen atoms in total. The lowest BCUT2D eigenvalue weighted by Crippen LogP contribution is -2.31. The standard InChI is InChI=1S/C15H19FO3S/c1-10(14(18)19-15(2,3)4)13(17)9-20-12-7-5-11(16)6-8-12/h5-8,10H,9H2,1-4H3. The Morgan fingerprint density at radius 3 is 2.30 bits per heavy atom. The van der Waals surface area contributed by atoms with E-state index in [2.05, 4.69) is 0 Å². The van der Waals surface area contributed by atoms with Gasteiger partial charge in [-0.2, -0.15) is 0 Å². The minimum Gasteiger partial charge on any atom is -0.459 e. The second-order valence-electron chi connectivity index (χ2n) is 5.46. The SMILES string of the molecule is CC(C(=O)CSc1ccc(F)cc1)C(=O)OC(C)(C)C. The maximum absolute atomic E-state index is 12.7. The van der Waals surface area contributed by atoms with Crippen LogP contribution in [0.5, 0.6) is 0 Å². The summed E-state index contributed by atoms with van der Waals surface area (Å²) < 4.78 is 17.9. The van der Waals surface area contributed by atoms with Crippen LogP contribution in [0.4, 0.5) is 4.39 Å². The van der Waals surface area contributed by atoms with Crippen LogP contribution in [0.15, 0.2) is 29.2 Å². The summed E-state index contributed by atoms with van der Waals surface area (Å²) in [5, 5.41) is 0. The number of thioether (sulfide) groups is 1. The number of Topliss-reactive ketones (excluding diaryl/α,β-unsaturated/α-hetero) is 1. The molecule has 0 N–H and O–H groups in total. The third-order valence-corrected chi connectivity index (χ3v) is 3.47. The highest BCUT2D eigenvalue weighted by Gasteiger charge is 2.26. The number of ketones is 1. The molecule has 0 aliphatic heterocycles. The number of esters is 1. The number of rotatable bonds is 5. The Labute approximate surface area is 122 Å². The molecule has 1 rings (SSSR count). The van der Waals surface area contributed by atoms with E-state index >= 15 is 0 Å². The van der Waals surface area contributed by atoms with E-state index in [1.54, 1.807) is 39.8 Å². The van der Waals surface area contributed by atoms with Crippen LogP contribution in [-0.4, -0.2) is 23.1 Å². The van der Waals surface area contributed by atoms with Gasteiger partial charge in [0.1, 0.15) is 17.3 Å². The molecule has 0 saturated carbocycles. The van der Waals surface area contributed by atoms with Crippen molar-refractivity contribution in [1.29, 1.82) is 0 Å². The molecule has 0 bridgehead atoms. The van der Waals surface area contributed by atoms with Crippen LogP contribution in [-0.2, 0) is 14.3 Å². The third kappa shape index (κ3) is 5.74. The normalized spacial score (nSPS) is 12.8. The molecule has 0 fully saturated rings. The van der Waals surface area contributed by atoms with Crippen molar-refractivity contribution in [3.8, 4) is 0 Å². The van der Waals surface area contributed by atoms with Crippen molar-refractivity contribution in [3.63, 3.8) is 0 Å². The van der Waals surface area contributed by atoms with E-state index in [0.717, 1.165) is 4.90 Å². The van der Waals surface area contributed by atoms with Crippen LogP contribution in [0.1, 0.15) is 27.7 Å².